The zero-order valence-corrected chi connectivity index (χ0v) is 15.8. The first-order chi connectivity index (χ1) is 14.1. The van der Waals surface area contributed by atoms with Gasteiger partial charge in [0.25, 0.3) is 5.69 Å². The summed E-state index contributed by atoms with van der Waals surface area (Å²) in [6.45, 7) is 1.37. The lowest BCUT2D eigenvalue weighted by Crippen LogP contribution is -2.35. The van der Waals surface area contributed by atoms with Gasteiger partial charge in [-0.1, -0.05) is 30.3 Å². The molecule has 1 fully saturated rings. The minimum Gasteiger partial charge on any atom is -0.365 e. The highest BCUT2D eigenvalue weighted by molar-refractivity contribution is 6.09. The lowest BCUT2D eigenvalue weighted by Gasteiger charge is -2.33. The van der Waals surface area contributed by atoms with Crippen LogP contribution in [0.2, 0.25) is 0 Å². The van der Waals surface area contributed by atoms with Gasteiger partial charge in [0, 0.05) is 48.1 Å². The summed E-state index contributed by atoms with van der Waals surface area (Å²) < 4.78 is 0. The molecule has 1 aromatic heterocycles. The van der Waals surface area contributed by atoms with Gasteiger partial charge in [-0.15, -0.1) is 0 Å². The van der Waals surface area contributed by atoms with Crippen LogP contribution >= 0.6 is 0 Å². The van der Waals surface area contributed by atoms with Crippen LogP contribution in [0.3, 0.4) is 0 Å². The average Bonchev–Trinajstić information content (AvgIpc) is 2.79. The number of nitro benzene ring substituents is 1. The molecule has 0 amide bonds. The molecule has 7 heteroatoms. The molecule has 3 aromatic rings. The van der Waals surface area contributed by atoms with Crippen molar-refractivity contribution in [1.29, 1.82) is 0 Å². The summed E-state index contributed by atoms with van der Waals surface area (Å²) >= 11 is 0. The number of aromatic nitrogens is 2. The molecule has 1 saturated heterocycles. The summed E-state index contributed by atoms with van der Waals surface area (Å²) in [6, 6.07) is 15.4. The highest BCUT2D eigenvalue weighted by Crippen LogP contribution is 2.35. The Balaban J connectivity index is 1.63. The van der Waals surface area contributed by atoms with E-state index in [1.165, 1.54) is 12.4 Å². The maximum atomic E-state index is 12.7. The standard InChI is InChI=1S/C22H20N4O3/c27-22(16-5-2-1-3-6-16)17-8-9-20(21(13-17)26(28)29)25-12-4-7-18(14-25)19-10-11-23-15-24-19/h1-3,5-6,8-11,13,15,18H,4,7,12,14H2/t18-/m0/s1. The second-order valence-corrected chi connectivity index (χ2v) is 7.08. The molecule has 0 aliphatic carbocycles. The summed E-state index contributed by atoms with van der Waals surface area (Å²) in [5.74, 6) is -0.0327. The Morgan fingerprint density at radius 2 is 1.93 bits per heavy atom. The Morgan fingerprint density at radius 3 is 2.66 bits per heavy atom. The Hall–Kier alpha value is -3.61. The number of piperidine rings is 1. The van der Waals surface area contributed by atoms with Crippen molar-refractivity contribution < 1.29 is 9.72 Å². The molecule has 1 atom stereocenters. The molecule has 1 aliphatic rings. The van der Waals surface area contributed by atoms with Crippen molar-refractivity contribution in [3.05, 3.63) is 94.1 Å². The number of benzene rings is 2. The number of rotatable bonds is 5. The summed E-state index contributed by atoms with van der Waals surface area (Å²) in [6.07, 6.45) is 5.14. The maximum Gasteiger partial charge on any atom is 0.293 e. The number of hydrogen-bond acceptors (Lipinski definition) is 6. The molecule has 0 N–H and O–H groups in total. The van der Waals surface area contributed by atoms with E-state index in [2.05, 4.69) is 9.97 Å². The van der Waals surface area contributed by atoms with E-state index in [-0.39, 0.29) is 17.4 Å². The molecule has 7 nitrogen and oxygen atoms in total. The highest BCUT2D eigenvalue weighted by Gasteiger charge is 2.28. The highest BCUT2D eigenvalue weighted by atomic mass is 16.6. The number of nitro groups is 1. The fourth-order valence-corrected chi connectivity index (χ4v) is 3.81. The topological polar surface area (TPSA) is 89.2 Å². The monoisotopic (exact) mass is 388 g/mol. The third-order valence-electron chi connectivity index (χ3n) is 5.26. The Morgan fingerprint density at radius 1 is 1.10 bits per heavy atom. The first-order valence-electron chi connectivity index (χ1n) is 9.52. The second kappa shape index (κ2) is 8.18. The van der Waals surface area contributed by atoms with E-state index in [1.54, 1.807) is 42.6 Å². The summed E-state index contributed by atoms with van der Waals surface area (Å²) in [5, 5.41) is 11.8. The predicted molar refractivity (Wildman–Crippen MR) is 109 cm³/mol. The molecular formula is C22H20N4O3. The number of anilines is 1. The molecule has 2 aromatic carbocycles. The van der Waals surface area contributed by atoms with Crippen LogP contribution in [0.15, 0.2) is 67.1 Å². The van der Waals surface area contributed by atoms with Crippen LogP contribution < -0.4 is 4.90 Å². The van der Waals surface area contributed by atoms with Crippen molar-refractivity contribution >= 4 is 17.2 Å². The molecule has 0 spiro atoms. The van der Waals surface area contributed by atoms with E-state index in [0.29, 0.717) is 23.4 Å². The van der Waals surface area contributed by atoms with Gasteiger partial charge in [0.05, 0.1) is 4.92 Å². The van der Waals surface area contributed by atoms with Gasteiger partial charge in [-0.25, -0.2) is 9.97 Å². The van der Waals surface area contributed by atoms with Crippen molar-refractivity contribution in [3.63, 3.8) is 0 Å². The number of ketones is 1. The van der Waals surface area contributed by atoms with Crippen LogP contribution in [-0.2, 0) is 0 Å². The molecule has 4 rings (SSSR count). The zero-order valence-electron chi connectivity index (χ0n) is 15.8. The summed E-state index contributed by atoms with van der Waals surface area (Å²) in [4.78, 5) is 34.4. The van der Waals surface area contributed by atoms with E-state index in [9.17, 15) is 14.9 Å². The molecule has 1 aliphatic heterocycles. The molecule has 0 bridgehead atoms. The van der Waals surface area contributed by atoms with Crippen LogP contribution in [0.25, 0.3) is 0 Å². The third-order valence-corrected chi connectivity index (χ3v) is 5.26. The zero-order chi connectivity index (χ0) is 20.2. The van der Waals surface area contributed by atoms with Crippen molar-refractivity contribution in [1.82, 2.24) is 9.97 Å². The van der Waals surface area contributed by atoms with Crippen LogP contribution in [-0.4, -0.2) is 33.8 Å². The predicted octanol–water partition coefficient (Wildman–Crippen LogP) is 4.00. The van der Waals surface area contributed by atoms with Gasteiger partial charge in [0.1, 0.15) is 12.0 Å². The molecular weight excluding hydrogens is 368 g/mol. The quantitative estimate of drug-likeness (QED) is 0.373. The second-order valence-electron chi connectivity index (χ2n) is 7.08. The average molecular weight is 388 g/mol. The lowest BCUT2D eigenvalue weighted by atomic mass is 9.93. The summed E-state index contributed by atoms with van der Waals surface area (Å²) in [7, 11) is 0. The molecule has 2 heterocycles. The summed E-state index contributed by atoms with van der Waals surface area (Å²) in [5.41, 5.74) is 2.27. The van der Waals surface area contributed by atoms with Crippen molar-refractivity contribution in [2.75, 3.05) is 18.0 Å². The Bertz CT molecular complexity index is 1020. The van der Waals surface area contributed by atoms with E-state index in [1.807, 2.05) is 17.0 Å². The smallest absolute Gasteiger partial charge is 0.293 e. The van der Waals surface area contributed by atoms with E-state index in [4.69, 9.17) is 0 Å². The van der Waals surface area contributed by atoms with Crippen LogP contribution in [0, 0.1) is 10.1 Å². The van der Waals surface area contributed by atoms with E-state index < -0.39 is 4.92 Å². The SMILES string of the molecule is O=C(c1ccccc1)c1ccc(N2CCC[C@H](c3ccncn3)C2)c([N+](=O)[O-])c1. The van der Waals surface area contributed by atoms with E-state index in [0.717, 1.165) is 25.1 Å². The molecule has 29 heavy (non-hydrogen) atoms. The molecule has 0 unspecified atom stereocenters. The van der Waals surface area contributed by atoms with Crippen molar-refractivity contribution in [2.45, 2.75) is 18.8 Å². The van der Waals surface area contributed by atoms with Gasteiger partial charge in [-0.05, 0) is 31.0 Å². The van der Waals surface area contributed by atoms with Crippen LogP contribution in [0.4, 0.5) is 11.4 Å². The number of nitrogens with zero attached hydrogens (tertiary/aromatic N) is 4. The lowest BCUT2D eigenvalue weighted by molar-refractivity contribution is -0.384. The van der Waals surface area contributed by atoms with Gasteiger partial charge in [-0.3, -0.25) is 14.9 Å². The van der Waals surface area contributed by atoms with E-state index >= 15 is 0 Å². The van der Waals surface area contributed by atoms with Gasteiger partial charge < -0.3 is 4.90 Å². The molecule has 0 saturated carbocycles. The number of carbonyl (C=O) groups is 1. The maximum absolute atomic E-state index is 12.7. The molecule has 146 valence electrons. The third kappa shape index (κ3) is 3.99. The fraction of sp³-hybridized carbons (Fsp3) is 0.227. The van der Waals surface area contributed by atoms with Crippen LogP contribution in [0.1, 0.15) is 40.4 Å². The largest absolute Gasteiger partial charge is 0.365 e. The minimum absolute atomic E-state index is 0.0462. The first-order valence-corrected chi connectivity index (χ1v) is 9.52. The number of carbonyl (C=O) groups excluding carboxylic acids is 1. The van der Waals surface area contributed by atoms with Gasteiger partial charge in [-0.2, -0.15) is 0 Å². The Kier molecular flexibility index (Phi) is 5.29. The first kappa shape index (κ1) is 18.7. The van der Waals surface area contributed by atoms with Crippen molar-refractivity contribution in [3.8, 4) is 0 Å². The fourth-order valence-electron chi connectivity index (χ4n) is 3.81. The molecule has 0 radical (unpaired) electrons. The van der Waals surface area contributed by atoms with Crippen LogP contribution in [0.5, 0.6) is 0 Å². The van der Waals surface area contributed by atoms with Crippen molar-refractivity contribution in [2.24, 2.45) is 0 Å². The Labute approximate surface area is 168 Å². The number of hydrogen-bond donors (Lipinski definition) is 0. The van der Waals surface area contributed by atoms with Gasteiger partial charge >= 0.3 is 0 Å². The van der Waals surface area contributed by atoms with Gasteiger partial charge in [0.2, 0.25) is 0 Å². The normalized spacial score (nSPS) is 16.4. The minimum atomic E-state index is -0.411. The van der Waals surface area contributed by atoms with Gasteiger partial charge in [0.15, 0.2) is 5.78 Å².